The molecule has 0 aromatic carbocycles. The van der Waals surface area contributed by atoms with Crippen molar-refractivity contribution in [2.75, 3.05) is 0 Å². The van der Waals surface area contributed by atoms with Crippen LogP contribution in [-0.2, 0) is 6.54 Å². The minimum atomic E-state index is 0.507. The Hall–Kier alpha value is -1.58. The van der Waals surface area contributed by atoms with E-state index in [-0.39, 0.29) is 0 Å². The quantitative estimate of drug-likeness (QED) is 0.862. The standard InChI is InChI=1S/C12H17N3O/c1-4-5-6-15-7-14-12-10(11(15)13)8(2)9(3)16-12/h7,13H,4-6H2,1-3H3. The van der Waals surface area contributed by atoms with Crippen LogP contribution >= 0.6 is 0 Å². The molecule has 0 saturated carbocycles. The monoisotopic (exact) mass is 219 g/mol. The third kappa shape index (κ3) is 1.64. The van der Waals surface area contributed by atoms with Gasteiger partial charge < -0.3 is 8.98 Å². The van der Waals surface area contributed by atoms with E-state index in [1.54, 1.807) is 6.33 Å². The number of rotatable bonds is 3. The van der Waals surface area contributed by atoms with E-state index < -0.39 is 0 Å². The van der Waals surface area contributed by atoms with Gasteiger partial charge in [0.1, 0.15) is 17.6 Å². The second kappa shape index (κ2) is 4.12. The molecule has 0 bridgehead atoms. The van der Waals surface area contributed by atoms with E-state index in [1.165, 1.54) is 0 Å². The number of hydrogen-bond donors (Lipinski definition) is 1. The van der Waals surface area contributed by atoms with Gasteiger partial charge in [0.15, 0.2) is 0 Å². The zero-order valence-corrected chi connectivity index (χ0v) is 10.0. The molecule has 1 N–H and O–H groups in total. The summed E-state index contributed by atoms with van der Waals surface area (Å²) in [5.74, 6) is 0.851. The molecule has 2 aromatic heterocycles. The Morgan fingerprint density at radius 2 is 2.19 bits per heavy atom. The molecule has 0 aliphatic rings. The molecule has 0 fully saturated rings. The number of nitrogens with zero attached hydrogens (tertiary/aromatic N) is 2. The van der Waals surface area contributed by atoms with Crippen molar-refractivity contribution in [3.05, 3.63) is 23.1 Å². The summed E-state index contributed by atoms with van der Waals surface area (Å²) >= 11 is 0. The average molecular weight is 219 g/mol. The number of aryl methyl sites for hydroxylation is 3. The molecule has 0 radical (unpaired) electrons. The van der Waals surface area contributed by atoms with E-state index in [0.717, 1.165) is 36.1 Å². The highest BCUT2D eigenvalue weighted by Gasteiger charge is 2.11. The van der Waals surface area contributed by atoms with Crippen molar-refractivity contribution < 1.29 is 4.42 Å². The maximum atomic E-state index is 8.14. The summed E-state index contributed by atoms with van der Waals surface area (Å²) in [5, 5.41) is 8.98. The Morgan fingerprint density at radius 1 is 1.44 bits per heavy atom. The summed E-state index contributed by atoms with van der Waals surface area (Å²) in [6, 6.07) is 0. The first kappa shape index (κ1) is 10.9. The summed E-state index contributed by atoms with van der Waals surface area (Å²) in [6.07, 6.45) is 3.89. The second-order valence-corrected chi connectivity index (χ2v) is 4.10. The van der Waals surface area contributed by atoms with Crippen molar-refractivity contribution in [2.24, 2.45) is 0 Å². The van der Waals surface area contributed by atoms with Crippen molar-refractivity contribution in [1.82, 2.24) is 9.55 Å². The van der Waals surface area contributed by atoms with E-state index >= 15 is 0 Å². The van der Waals surface area contributed by atoms with E-state index in [9.17, 15) is 0 Å². The lowest BCUT2D eigenvalue weighted by Gasteiger charge is -2.04. The average Bonchev–Trinajstić information content (AvgIpc) is 2.55. The number of fused-ring (bicyclic) bond motifs is 1. The Bertz CT molecular complexity index is 565. The Kier molecular flexibility index (Phi) is 2.81. The van der Waals surface area contributed by atoms with Crippen molar-refractivity contribution >= 4 is 11.1 Å². The Morgan fingerprint density at radius 3 is 2.88 bits per heavy atom. The van der Waals surface area contributed by atoms with Crippen LogP contribution in [-0.4, -0.2) is 9.55 Å². The molecule has 0 saturated heterocycles. The first-order valence-corrected chi connectivity index (χ1v) is 5.65. The maximum Gasteiger partial charge on any atom is 0.231 e. The molecule has 2 heterocycles. The van der Waals surface area contributed by atoms with Gasteiger partial charge in [0.25, 0.3) is 0 Å². The normalized spacial score (nSPS) is 11.2. The van der Waals surface area contributed by atoms with Crippen molar-refractivity contribution in [3.8, 4) is 0 Å². The van der Waals surface area contributed by atoms with Gasteiger partial charge in [-0.2, -0.15) is 0 Å². The molecule has 16 heavy (non-hydrogen) atoms. The first-order valence-electron chi connectivity index (χ1n) is 5.65. The van der Waals surface area contributed by atoms with Gasteiger partial charge in [0.2, 0.25) is 5.71 Å². The van der Waals surface area contributed by atoms with Crippen LogP contribution < -0.4 is 5.49 Å². The molecule has 0 spiro atoms. The zero-order chi connectivity index (χ0) is 11.7. The van der Waals surface area contributed by atoms with Crippen LogP contribution in [0.5, 0.6) is 0 Å². The van der Waals surface area contributed by atoms with Gasteiger partial charge in [-0.3, -0.25) is 5.41 Å². The van der Waals surface area contributed by atoms with E-state index in [4.69, 9.17) is 9.83 Å². The van der Waals surface area contributed by atoms with Gasteiger partial charge in [-0.05, 0) is 20.3 Å². The summed E-state index contributed by atoms with van der Waals surface area (Å²) < 4.78 is 7.38. The van der Waals surface area contributed by atoms with Gasteiger partial charge in [-0.25, -0.2) is 4.98 Å². The van der Waals surface area contributed by atoms with Crippen molar-refractivity contribution in [1.29, 1.82) is 5.41 Å². The van der Waals surface area contributed by atoms with Gasteiger partial charge in [0, 0.05) is 12.1 Å². The smallest absolute Gasteiger partial charge is 0.231 e. The lowest BCUT2D eigenvalue weighted by atomic mass is 10.2. The van der Waals surface area contributed by atoms with Gasteiger partial charge >= 0.3 is 0 Å². The number of furan rings is 1. The predicted octanol–water partition coefficient (Wildman–Crippen LogP) is 2.53. The van der Waals surface area contributed by atoms with Crippen LogP contribution in [0.3, 0.4) is 0 Å². The molecular weight excluding hydrogens is 202 g/mol. The fourth-order valence-corrected chi connectivity index (χ4v) is 1.80. The number of unbranched alkanes of at least 4 members (excludes halogenated alkanes) is 1. The molecule has 86 valence electrons. The number of nitrogens with one attached hydrogen (secondary N) is 1. The SMILES string of the molecule is CCCCn1cnc2oc(C)c(C)c2c1=N. The molecule has 0 amide bonds. The van der Waals surface area contributed by atoms with E-state index in [0.29, 0.717) is 11.2 Å². The molecule has 4 heteroatoms. The van der Waals surface area contributed by atoms with Crippen molar-refractivity contribution in [2.45, 2.75) is 40.2 Å². The molecule has 0 aliphatic heterocycles. The van der Waals surface area contributed by atoms with Crippen LogP contribution in [0.1, 0.15) is 31.1 Å². The number of hydrogen-bond acceptors (Lipinski definition) is 3. The second-order valence-electron chi connectivity index (χ2n) is 4.10. The topological polar surface area (TPSA) is 54.8 Å². The van der Waals surface area contributed by atoms with E-state index in [2.05, 4.69) is 11.9 Å². The first-order chi connectivity index (χ1) is 7.65. The summed E-state index contributed by atoms with van der Waals surface area (Å²) in [4.78, 5) is 4.25. The summed E-state index contributed by atoms with van der Waals surface area (Å²) in [7, 11) is 0. The molecule has 2 rings (SSSR count). The van der Waals surface area contributed by atoms with Crippen LogP contribution in [0.4, 0.5) is 0 Å². The minimum absolute atomic E-state index is 0.507. The van der Waals surface area contributed by atoms with Crippen LogP contribution in [0, 0.1) is 19.3 Å². The number of aromatic nitrogens is 2. The van der Waals surface area contributed by atoms with Gasteiger partial charge in [-0.15, -0.1) is 0 Å². The molecule has 0 atom stereocenters. The van der Waals surface area contributed by atoms with Crippen LogP contribution in [0.2, 0.25) is 0 Å². The molecule has 0 aliphatic carbocycles. The molecular formula is C12H17N3O. The van der Waals surface area contributed by atoms with Gasteiger partial charge in [0.05, 0.1) is 5.39 Å². The van der Waals surface area contributed by atoms with Crippen LogP contribution in [0.15, 0.2) is 10.7 Å². The lowest BCUT2D eigenvalue weighted by Crippen LogP contribution is -2.20. The molecule has 4 nitrogen and oxygen atoms in total. The highest BCUT2D eigenvalue weighted by Crippen LogP contribution is 2.18. The summed E-state index contributed by atoms with van der Waals surface area (Å²) in [5.41, 5.74) is 2.11. The fraction of sp³-hybridized carbons (Fsp3) is 0.500. The molecule has 0 unspecified atom stereocenters. The third-order valence-electron chi connectivity index (χ3n) is 2.96. The summed E-state index contributed by atoms with van der Waals surface area (Å²) in [6.45, 7) is 6.88. The zero-order valence-electron chi connectivity index (χ0n) is 10.0. The van der Waals surface area contributed by atoms with Crippen molar-refractivity contribution in [3.63, 3.8) is 0 Å². The lowest BCUT2D eigenvalue weighted by molar-refractivity contribution is 0.554. The highest BCUT2D eigenvalue weighted by molar-refractivity contribution is 5.76. The minimum Gasteiger partial charge on any atom is -0.443 e. The van der Waals surface area contributed by atoms with Crippen LogP contribution in [0.25, 0.3) is 11.1 Å². The Labute approximate surface area is 94.4 Å². The highest BCUT2D eigenvalue weighted by atomic mass is 16.3. The third-order valence-corrected chi connectivity index (χ3v) is 2.96. The largest absolute Gasteiger partial charge is 0.443 e. The fourth-order valence-electron chi connectivity index (χ4n) is 1.80. The predicted molar refractivity (Wildman–Crippen MR) is 62.2 cm³/mol. The Balaban J connectivity index is 2.59. The van der Waals surface area contributed by atoms with E-state index in [1.807, 2.05) is 18.4 Å². The van der Waals surface area contributed by atoms with Gasteiger partial charge in [-0.1, -0.05) is 13.3 Å². The molecule has 2 aromatic rings. The maximum absolute atomic E-state index is 8.14.